The SMILES string of the molecule is ClB1C2(c3ccccc3)C(c3ccccc3)=C(c3ccccc3)C1(c1ccccc1)C(c1ccccc1)=C2c1ccccc1. The predicted molar refractivity (Wildman–Crippen MR) is 187 cm³/mol. The van der Waals surface area contributed by atoms with E-state index in [0.29, 0.717) is 0 Å². The molecule has 0 nitrogen and oxygen atoms in total. The highest BCUT2D eigenvalue weighted by molar-refractivity contribution is 7.16. The molecule has 0 aliphatic carbocycles. The molecule has 0 fully saturated rings. The van der Waals surface area contributed by atoms with Crippen molar-refractivity contribution in [3.63, 3.8) is 0 Å². The number of fused-ring (bicyclic) bond motifs is 2. The monoisotopic (exact) mass is 580 g/mol. The normalized spacial score (nSPS) is 20.8. The fraction of sp³-hybridized carbons (Fsp3) is 0.0476. The minimum Gasteiger partial charge on any atom is -0.192 e. The van der Waals surface area contributed by atoms with Gasteiger partial charge in [0.1, 0.15) is 0 Å². The van der Waals surface area contributed by atoms with E-state index >= 15 is 0 Å². The Morgan fingerprint density at radius 2 is 0.500 bits per heavy atom. The van der Waals surface area contributed by atoms with Crippen molar-refractivity contribution >= 4 is 39.9 Å². The van der Waals surface area contributed by atoms with Gasteiger partial charge in [0.15, 0.2) is 0 Å². The van der Waals surface area contributed by atoms with E-state index in [1.807, 2.05) is 0 Å². The van der Waals surface area contributed by atoms with Crippen LogP contribution in [-0.2, 0) is 10.6 Å². The number of allylic oxidation sites excluding steroid dienone is 4. The molecular weight excluding hydrogens is 551 g/mol. The van der Waals surface area contributed by atoms with E-state index < -0.39 is 10.6 Å². The molecule has 0 unspecified atom stereocenters. The van der Waals surface area contributed by atoms with Crippen molar-refractivity contribution in [1.29, 1.82) is 0 Å². The third-order valence-electron chi connectivity index (χ3n) is 9.55. The van der Waals surface area contributed by atoms with Crippen molar-refractivity contribution in [2.75, 3.05) is 0 Å². The summed E-state index contributed by atoms with van der Waals surface area (Å²) in [5.41, 5.74) is 12.3. The van der Waals surface area contributed by atoms with Gasteiger partial charge in [0.25, 0.3) is 6.13 Å². The molecule has 8 rings (SSSR count). The molecule has 6 aromatic carbocycles. The standard InChI is InChI=1S/C42H30BCl/c44-43-41(35-27-15-5-16-28-35)37(31-19-7-1-8-20-31)38(32-21-9-2-10-22-32)42(43,36-29-17-6-18-30-36)40(34-25-13-4-14-26-34)39(41)33-23-11-3-12-24-33/h1-30H. The van der Waals surface area contributed by atoms with Gasteiger partial charge in [0.2, 0.25) is 0 Å². The summed E-state index contributed by atoms with van der Waals surface area (Å²) >= 11 is 8.35. The lowest BCUT2D eigenvalue weighted by molar-refractivity contribution is 1.01. The van der Waals surface area contributed by atoms with Crippen molar-refractivity contribution in [3.8, 4) is 0 Å². The lowest BCUT2D eigenvalue weighted by Gasteiger charge is -2.40. The summed E-state index contributed by atoms with van der Waals surface area (Å²) in [5, 5.41) is -1.31. The molecule has 2 bridgehead atoms. The molecule has 0 N–H and O–H groups in total. The van der Waals surface area contributed by atoms with Crippen LogP contribution < -0.4 is 0 Å². The zero-order valence-corrected chi connectivity index (χ0v) is 25.0. The van der Waals surface area contributed by atoms with E-state index in [1.165, 1.54) is 55.7 Å². The molecule has 0 saturated heterocycles. The van der Waals surface area contributed by atoms with Gasteiger partial charge in [-0.25, -0.2) is 0 Å². The van der Waals surface area contributed by atoms with Crippen LogP contribution in [0.4, 0.5) is 0 Å². The van der Waals surface area contributed by atoms with E-state index in [2.05, 4.69) is 182 Å². The van der Waals surface area contributed by atoms with Crippen LogP contribution >= 0.6 is 11.5 Å². The summed E-state index contributed by atoms with van der Waals surface area (Å²) in [6.07, 6.45) is -0.351. The molecule has 2 aliphatic heterocycles. The summed E-state index contributed by atoms with van der Waals surface area (Å²) in [5.74, 6) is 0. The van der Waals surface area contributed by atoms with Gasteiger partial charge in [-0.3, -0.25) is 0 Å². The fourth-order valence-electron chi connectivity index (χ4n) is 8.05. The van der Waals surface area contributed by atoms with Gasteiger partial charge in [0.05, 0.1) is 0 Å². The van der Waals surface area contributed by atoms with Gasteiger partial charge < -0.3 is 0 Å². The van der Waals surface area contributed by atoms with Crippen LogP contribution in [0.2, 0.25) is 0 Å². The molecule has 6 aromatic rings. The molecule has 0 amide bonds. The van der Waals surface area contributed by atoms with Crippen LogP contribution in [-0.4, -0.2) is 6.13 Å². The summed E-state index contributed by atoms with van der Waals surface area (Å²) in [6, 6.07) is 65.6. The lowest BCUT2D eigenvalue weighted by atomic mass is 9.38. The Kier molecular flexibility index (Phi) is 6.51. The minimum atomic E-state index is -0.655. The summed E-state index contributed by atoms with van der Waals surface area (Å²) in [6.45, 7) is 0. The minimum absolute atomic E-state index is 0.351. The fourth-order valence-corrected chi connectivity index (χ4v) is 8.74. The van der Waals surface area contributed by atoms with Crippen molar-refractivity contribution in [2.45, 2.75) is 10.6 Å². The first-order valence-corrected chi connectivity index (χ1v) is 15.7. The van der Waals surface area contributed by atoms with Crippen molar-refractivity contribution in [1.82, 2.24) is 0 Å². The predicted octanol–water partition coefficient (Wildman–Crippen LogP) is 10.4. The Morgan fingerprint density at radius 1 is 0.295 bits per heavy atom. The molecule has 0 spiro atoms. The van der Waals surface area contributed by atoms with Crippen LogP contribution in [0, 0.1) is 0 Å². The van der Waals surface area contributed by atoms with Gasteiger partial charge in [-0.2, -0.15) is 11.5 Å². The Bertz CT molecular complexity index is 1730. The summed E-state index contributed by atoms with van der Waals surface area (Å²) in [4.78, 5) is 0. The number of rotatable bonds is 6. The van der Waals surface area contributed by atoms with E-state index in [9.17, 15) is 0 Å². The lowest BCUT2D eigenvalue weighted by Crippen LogP contribution is -2.44. The number of benzene rings is 6. The molecule has 2 heteroatoms. The second-order valence-electron chi connectivity index (χ2n) is 11.7. The van der Waals surface area contributed by atoms with E-state index in [4.69, 9.17) is 11.5 Å². The first kappa shape index (κ1) is 26.8. The zero-order valence-electron chi connectivity index (χ0n) is 24.3. The summed E-state index contributed by atoms with van der Waals surface area (Å²) < 4.78 is 0. The number of halogens is 1. The Hall–Kier alpha value is -4.85. The van der Waals surface area contributed by atoms with E-state index in [-0.39, 0.29) is 6.13 Å². The van der Waals surface area contributed by atoms with E-state index in [0.717, 1.165) is 0 Å². The smallest absolute Gasteiger partial charge is 0.192 e. The van der Waals surface area contributed by atoms with Crippen LogP contribution in [0.25, 0.3) is 22.3 Å². The second kappa shape index (κ2) is 10.7. The third kappa shape index (κ3) is 3.66. The maximum Gasteiger partial charge on any atom is 0.290 e. The number of hydrogen-bond donors (Lipinski definition) is 0. The molecule has 2 aliphatic rings. The number of hydrogen-bond acceptors (Lipinski definition) is 0. The summed E-state index contributed by atoms with van der Waals surface area (Å²) in [7, 11) is 0. The Balaban J connectivity index is 1.67. The maximum absolute atomic E-state index is 8.35. The zero-order chi connectivity index (χ0) is 29.6. The Morgan fingerprint density at radius 3 is 0.727 bits per heavy atom. The quantitative estimate of drug-likeness (QED) is 0.172. The van der Waals surface area contributed by atoms with E-state index in [1.54, 1.807) is 0 Å². The van der Waals surface area contributed by atoms with Crippen LogP contribution in [0.15, 0.2) is 182 Å². The maximum atomic E-state index is 8.35. The van der Waals surface area contributed by atoms with Crippen LogP contribution in [0.5, 0.6) is 0 Å². The molecular formula is C42H30BCl. The van der Waals surface area contributed by atoms with Crippen LogP contribution in [0.1, 0.15) is 33.4 Å². The molecule has 0 atom stereocenters. The van der Waals surface area contributed by atoms with Gasteiger partial charge in [-0.05, 0) is 55.7 Å². The van der Waals surface area contributed by atoms with Gasteiger partial charge in [-0.15, -0.1) is 0 Å². The molecule has 208 valence electrons. The van der Waals surface area contributed by atoms with Gasteiger partial charge in [0, 0.05) is 10.6 Å². The molecule has 44 heavy (non-hydrogen) atoms. The van der Waals surface area contributed by atoms with Crippen molar-refractivity contribution < 1.29 is 0 Å². The largest absolute Gasteiger partial charge is 0.290 e. The highest BCUT2D eigenvalue weighted by atomic mass is 35.5. The first-order valence-electron chi connectivity index (χ1n) is 15.3. The average molecular weight is 581 g/mol. The van der Waals surface area contributed by atoms with Crippen molar-refractivity contribution in [3.05, 3.63) is 215 Å². The molecule has 0 saturated carbocycles. The average Bonchev–Trinajstić information content (AvgIpc) is 3.50. The first-order chi connectivity index (χ1) is 21.8. The van der Waals surface area contributed by atoms with Gasteiger partial charge in [-0.1, -0.05) is 182 Å². The molecule has 2 heterocycles. The van der Waals surface area contributed by atoms with Gasteiger partial charge >= 0.3 is 0 Å². The Labute approximate surface area is 265 Å². The topological polar surface area (TPSA) is 0 Å². The van der Waals surface area contributed by atoms with Crippen LogP contribution in [0.3, 0.4) is 0 Å². The highest BCUT2D eigenvalue weighted by Gasteiger charge is 2.73. The second-order valence-corrected chi connectivity index (χ2v) is 12.1. The molecule has 0 aromatic heterocycles. The third-order valence-corrected chi connectivity index (χ3v) is 10.2. The highest BCUT2D eigenvalue weighted by Crippen LogP contribution is 2.75. The molecule has 0 radical (unpaired) electrons. The van der Waals surface area contributed by atoms with Crippen molar-refractivity contribution in [2.24, 2.45) is 0 Å².